The highest BCUT2D eigenvalue weighted by molar-refractivity contribution is 7.17. The fourth-order valence-corrected chi connectivity index (χ4v) is 8.40. The minimum Gasteiger partial charge on any atom is -0.278 e. The van der Waals surface area contributed by atoms with Gasteiger partial charge in [-0.2, -0.15) is 9.97 Å². The molecule has 0 bridgehead atoms. The molecule has 1 aliphatic carbocycles. The zero-order valence-corrected chi connectivity index (χ0v) is 30.4. The minimum absolute atomic E-state index is 0.119. The number of para-hydroxylation sites is 1. The number of benzene rings is 4. The highest BCUT2D eigenvalue weighted by atomic mass is 32.1. The van der Waals surface area contributed by atoms with E-state index in [1.165, 1.54) is 38.0 Å². The molecule has 3 heterocycles. The van der Waals surface area contributed by atoms with Crippen LogP contribution >= 0.6 is 11.3 Å². The average molecular weight is 680 g/mol. The molecule has 8 rings (SSSR count). The van der Waals surface area contributed by atoms with Crippen molar-refractivity contribution in [2.24, 2.45) is 0 Å². The summed E-state index contributed by atoms with van der Waals surface area (Å²) in [4.78, 5) is 19.7. The lowest BCUT2D eigenvalue weighted by molar-refractivity contribution is 0.660. The maximum atomic E-state index is 5.09. The predicted molar refractivity (Wildman–Crippen MR) is 219 cm³/mol. The van der Waals surface area contributed by atoms with Crippen LogP contribution in [0.1, 0.15) is 61.5 Å². The van der Waals surface area contributed by atoms with E-state index in [4.69, 9.17) is 15.0 Å². The van der Waals surface area contributed by atoms with Crippen LogP contribution in [0.25, 0.3) is 72.8 Å². The van der Waals surface area contributed by atoms with Gasteiger partial charge in [-0.1, -0.05) is 130 Å². The molecular weight excluding hydrogens is 641 g/mol. The molecule has 248 valence electrons. The van der Waals surface area contributed by atoms with E-state index in [-0.39, 0.29) is 5.41 Å². The Labute approximate surface area is 303 Å². The Balaban J connectivity index is 1.32. The number of rotatable bonds is 8. The largest absolute Gasteiger partial charge is 0.278 e. The molecule has 0 saturated carbocycles. The minimum atomic E-state index is -0.119. The van der Waals surface area contributed by atoms with Gasteiger partial charge in [-0.3, -0.25) is 4.57 Å². The summed E-state index contributed by atoms with van der Waals surface area (Å²) in [6.45, 7) is 15.3. The zero-order valence-electron chi connectivity index (χ0n) is 29.6. The summed E-state index contributed by atoms with van der Waals surface area (Å²) in [5.41, 5.74) is 15.7. The van der Waals surface area contributed by atoms with Crippen molar-refractivity contribution in [1.82, 2.24) is 24.5 Å². The van der Waals surface area contributed by atoms with Crippen molar-refractivity contribution in [3.63, 3.8) is 0 Å². The van der Waals surface area contributed by atoms with Crippen LogP contribution in [0.15, 0.2) is 115 Å². The number of hydrogen-bond acceptors (Lipinski definition) is 5. The van der Waals surface area contributed by atoms with E-state index in [1.54, 1.807) is 11.3 Å². The standard InChI is InChI=1S/C44H38BN5S/c1-7-15-27(8-2)41-47-42(28-16-11-10-12-17-28)49-43(48-41)50-37(9-3)32(30-18-13-14-19-38(30)50)25-35(45-6)29-20-21-31-34(24-29)44(4,5)33-22-23-36-40(39(31)33)51-26-46-36/h7-26,45H,3H2,1-2,4-6H3/b15-7-,27-8+,35-25-. The topological polar surface area (TPSA) is 56.5 Å². The third kappa shape index (κ3) is 5.31. The molecule has 1 aliphatic rings. The fourth-order valence-electron chi connectivity index (χ4n) is 7.55. The summed E-state index contributed by atoms with van der Waals surface area (Å²) in [5.74, 6) is 1.80. The number of nitrogens with zero attached hydrogens (tertiary/aromatic N) is 5. The van der Waals surface area contributed by atoms with Gasteiger partial charge in [-0.15, -0.1) is 11.3 Å². The van der Waals surface area contributed by atoms with Crippen LogP contribution in [-0.4, -0.2) is 31.8 Å². The quantitative estimate of drug-likeness (QED) is 0.118. The lowest BCUT2D eigenvalue weighted by Gasteiger charge is -2.22. The van der Waals surface area contributed by atoms with Crippen LogP contribution in [0.5, 0.6) is 0 Å². The van der Waals surface area contributed by atoms with Gasteiger partial charge >= 0.3 is 0 Å². The Morgan fingerprint density at radius 2 is 1.71 bits per heavy atom. The van der Waals surface area contributed by atoms with Crippen LogP contribution in [0.4, 0.5) is 0 Å². The Bertz CT molecular complexity index is 2590. The average Bonchev–Trinajstić information content (AvgIpc) is 3.84. The first-order chi connectivity index (χ1) is 24.9. The highest BCUT2D eigenvalue weighted by Crippen LogP contribution is 2.52. The second-order valence-corrected chi connectivity index (χ2v) is 14.2. The summed E-state index contributed by atoms with van der Waals surface area (Å²) in [5, 5.41) is 1.11. The van der Waals surface area contributed by atoms with E-state index in [1.807, 2.05) is 74.0 Å². The molecule has 0 spiro atoms. The molecule has 0 radical (unpaired) electrons. The van der Waals surface area contributed by atoms with Gasteiger partial charge in [0.15, 0.2) is 18.9 Å². The molecule has 3 aromatic heterocycles. The molecule has 0 aliphatic heterocycles. The van der Waals surface area contributed by atoms with E-state index in [0.717, 1.165) is 46.1 Å². The molecule has 0 amide bonds. The second kappa shape index (κ2) is 12.9. The van der Waals surface area contributed by atoms with Gasteiger partial charge in [-0.25, -0.2) is 9.97 Å². The van der Waals surface area contributed by atoms with Gasteiger partial charge in [-0.05, 0) is 54.3 Å². The lowest BCUT2D eigenvalue weighted by atomic mass is 9.67. The monoisotopic (exact) mass is 679 g/mol. The smallest absolute Gasteiger partial charge is 0.238 e. The number of fused-ring (bicyclic) bond motifs is 6. The maximum absolute atomic E-state index is 5.09. The van der Waals surface area contributed by atoms with Crippen molar-refractivity contribution in [1.29, 1.82) is 0 Å². The van der Waals surface area contributed by atoms with Crippen molar-refractivity contribution in [3.8, 4) is 28.5 Å². The Kier molecular flexibility index (Phi) is 8.24. The van der Waals surface area contributed by atoms with E-state index in [0.29, 0.717) is 17.6 Å². The summed E-state index contributed by atoms with van der Waals surface area (Å²) in [6, 6.07) is 30.0. The van der Waals surface area contributed by atoms with Crippen molar-refractivity contribution >= 4 is 62.9 Å². The summed E-state index contributed by atoms with van der Waals surface area (Å²) in [7, 11) is 0.864. The van der Waals surface area contributed by atoms with Gasteiger partial charge in [0.2, 0.25) is 5.95 Å². The van der Waals surface area contributed by atoms with E-state index in [2.05, 4.69) is 97.5 Å². The first kappa shape index (κ1) is 32.5. The first-order valence-corrected chi connectivity index (χ1v) is 18.4. The lowest BCUT2D eigenvalue weighted by Crippen LogP contribution is -2.15. The molecular formula is C44H38BN5S. The van der Waals surface area contributed by atoms with Crippen LogP contribution in [0.3, 0.4) is 0 Å². The molecule has 4 aromatic carbocycles. The molecule has 0 unspecified atom stereocenters. The summed E-state index contributed by atoms with van der Waals surface area (Å²) in [6.07, 6.45) is 10.3. The number of aromatic nitrogens is 5. The first-order valence-electron chi connectivity index (χ1n) is 17.5. The Hall–Kier alpha value is -5.66. The van der Waals surface area contributed by atoms with E-state index < -0.39 is 0 Å². The van der Waals surface area contributed by atoms with Crippen molar-refractivity contribution in [3.05, 3.63) is 149 Å². The molecule has 0 atom stereocenters. The number of allylic oxidation sites excluding steroid dienone is 4. The molecule has 7 heteroatoms. The van der Waals surface area contributed by atoms with Gasteiger partial charge < -0.3 is 0 Å². The normalized spacial score (nSPS) is 14.0. The van der Waals surface area contributed by atoms with Crippen molar-refractivity contribution in [2.45, 2.75) is 39.9 Å². The van der Waals surface area contributed by atoms with Crippen molar-refractivity contribution in [2.75, 3.05) is 0 Å². The van der Waals surface area contributed by atoms with Crippen LogP contribution in [-0.2, 0) is 5.41 Å². The predicted octanol–water partition coefficient (Wildman–Crippen LogP) is 11.0. The van der Waals surface area contributed by atoms with E-state index >= 15 is 0 Å². The zero-order chi connectivity index (χ0) is 35.3. The molecule has 51 heavy (non-hydrogen) atoms. The summed E-state index contributed by atoms with van der Waals surface area (Å²) >= 11 is 1.73. The SMILES string of the molecule is C=Cc1c(/C=C(\BC)c2ccc3c(c2)C(C)(C)c2ccc4ncsc4c2-3)c2ccccc2n1-c1nc(C(/C=C\C)=C/C)nc(-c2ccccc2)n1. The summed E-state index contributed by atoms with van der Waals surface area (Å²) < 4.78 is 3.40. The third-order valence-electron chi connectivity index (χ3n) is 10.1. The van der Waals surface area contributed by atoms with Crippen molar-refractivity contribution < 1.29 is 0 Å². The molecule has 0 fully saturated rings. The Morgan fingerprint density at radius 1 is 0.902 bits per heavy atom. The Morgan fingerprint density at radius 3 is 2.47 bits per heavy atom. The van der Waals surface area contributed by atoms with Crippen LogP contribution < -0.4 is 0 Å². The van der Waals surface area contributed by atoms with Gasteiger partial charge in [0.05, 0.1) is 26.9 Å². The van der Waals surface area contributed by atoms with Gasteiger partial charge in [0.25, 0.3) is 0 Å². The van der Waals surface area contributed by atoms with Crippen LogP contribution in [0.2, 0.25) is 6.82 Å². The van der Waals surface area contributed by atoms with E-state index in [9.17, 15) is 0 Å². The molecule has 7 aromatic rings. The highest BCUT2D eigenvalue weighted by Gasteiger charge is 2.37. The molecule has 0 saturated heterocycles. The number of thiazole rings is 1. The molecule has 0 N–H and O–H groups in total. The fraction of sp³-hybridized carbons (Fsp3) is 0.136. The van der Waals surface area contributed by atoms with Gasteiger partial charge in [0, 0.05) is 33.1 Å². The number of hydrogen-bond donors (Lipinski definition) is 0. The van der Waals surface area contributed by atoms with Crippen LogP contribution in [0, 0.1) is 0 Å². The molecule has 5 nitrogen and oxygen atoms in total. The second-order valence-electron chi connectivity index (χ2n) is 13.3. The third-order valence-corrected chi connectivity index (χ3v) is 11.0. The maximum Gasteiger partial charge on any atom is 0.238 e. The van der Waals surface area contributed by atoms with Gasteiger partial charge in [0.1, 0.15) is 0 Å².